The first-order valence-corrected chi connectivity index (χ1v) is 14.8. The van der Waals surface area contributed by atoms with E-state index in [-0.39, 0.29) is 5.56 Å². The van der Waals surface area contributed by atoms with E-state index in [2.05, 4.69) is 132 Å². The standard InChI is InChI=1S/C37H24N2OS/c1-23-17-19-24(20-18-23)38-32-14-5-2-10-28(32)37(29-11-3-6-15-33(29)38)30-12-4-7-16-34(30)39-35-25(9-8-13-31(35)37)26-21-41-22-27(26)36(39)40/h2-22H,1H3. The zero-order valence-corrected chi connectivity index (χ0v) is 23.2. The summed E-state index contributed by atoms with van der Waals surface area (Å²) in [5, 5.41) is 7.03. The molecule has 2 aromatic heterocycles. The summed E-state index contributed by atoms with van der Waals surface area (Å²) in [5.41, 5.74) is 10.7. The summed E-state index contributed by atoms with van der Waals surface area (Å²) < 4.78 is 1.97. The molecule has 4 heteroatoms. The quantitative estimate of drug-likeness (QED) is 0.206. The maximum absolute atomic E-state index is 14.2. The third-order valence-electron chi connectivity index (χ3n) is 8.99. The normalized spacial score (nSPS) is 14.2. The molecule has 0 unspecified atom stereocenters. The third kappa shape index (κ3) is 2.75. The minimum Gasteiger partial charge on any atom is -0.310 e. The molecule has 7 aromatic rings. The number of aryl methyl sites for hydroxylation is 1. The van der Waals surface area contributed by atoms with Gasteiger partial charge in [0, 0.05) is 21.8 Å². The molecule has 5 aromatic carbocycles. The number of nitrogens with zero attached hydrogens (tertiary/aromatic N) is 2. The molecule has 194 valence electrons. The number of fused-ring (bicyclic) bond motifs is 10. The van der Waals surface area contributed by atoms with Crippen molar-refractivity contribution in [3.63, 3.8) is 0 Å². The topological polar surface area (TPSA) is 25.2 Å². The molecule has 2 aliphatic rings. The third-order valence-corrected chi connectivity index (χ3v) is 9.73. The van der Waals surface area contributed by atoms with Crippen molar-refractivity contribution in [2.24, 2.45) is 0 Å². The number of pyridine rings is 1. The highest BCUT2D eigenvalue weighted by atomic mass is 32.1. The fourth-order valence-corrected chi connectivity index (χ4v) is 8.18. The summed E-state index contributed by atoms with van der Waals surface area (Å²) in [5.74, 6) is 0. The lowest BCUT2D eigenvalue weighted by Crippen LogP contribution is -2.42. The van der Waals surface area contributed by atoms with Gasteiger partial charge in [0.2, 0.25) is 0 Å². The summed E-state index contributed by atoms with van der Waals surface area (Å²) in [6, 6.07) is 41.4. The summed E-state index contributed by atoms with van der Waals surface area (Å²) in [7, 11) is 0. The van der Waals surface area contributed by atoms with Crippen molar-refractivity contribution in [3.8, 4) is 5.69 Å². The number of thiophene rings is 1. The first-order chi connectivity index (χ1) is 20.2. The Balaban J connectivity index is 1.52. The van der Waals surface area contributed by atoms with Gasteiger partial charge in [-0.15, -0.1) is 0 Å². The number of hydrogen-bond donors (Lipinski definition) is 0. The molecule has 0 radical (unpaired) electrons. The number of aromatic nitrogens is 1. The molecule has 0 bridgehead atoms. The largest absolute Gasteiger partial charge is 0.310 e. The second kappa shape index (κ2) is 8.06. The first-order valence-electron chi connectivity index (χ1n) is 13.9. The van der Waals surface area contributed by atoms with Crippen LogP contribution in [0.4, 0.5) is 17.1 Å². The molecule has 0 N–H and O–H groups in total. The van der Waals surface area contributed by atoms with E-state index in [0.717, 1.165) is 55.6 Å². The molecule has 1 spiro atoms. The van der Waals surface area contributed by atoms with Crippen molar-refractivity contribution >= 4 is 50.1 Å². The van der Waals surface area contributed by atoms with Gasteiger partial charge in [-0.1, -0.05) is 90.5 Å². The highest BCUT2D eigenvalue weighted by molar-refractivity contribution is 7.09. The first kappa shape index (κ1) is 22.8. The van der Waals surface area contributed by atoms with E-state index in [4.69, 9.17) is 0 Å². The van der Waals surface area contributed by atoms with Crippen molar-refractivity contribution in [2.45, 2.75) is 12.3 Å². The van der Waals surface area contributed by atoms with Crippen LogP contribution in [-0.2, 0) is 5.41 Å². The van der Waals surface area contributed by atoms with Crippen LogP contribution in [0.5, 0.6) is 0 Å². The highest BCUT2D eigenvalue weighted by Crippen LogP contribution is 2.60. The van der Waals surface area contributed by atoms with Crippen LogP contribution in [0.1, 0.15) is 27.8 Å². The van der Waals surface area contributed by atoms with Crippen LogP contribution in [0.15, 0.2) is 131 Å². The van der Waals surface area contributed by atoms with E-state index >= 15 is 0 Å². The molecule has 0 saturated carbocycles. The SMILES string of the molecule is Cc1ccc(N2c3ccccc3C3(c4ccccc42)c2ccccc2-n2c(=O)c4cscc4c4cccc3c42)cc1. The van der Waals surface area contributed by atoms with E-state index in [1.807, 2.05) is 9.95 Å². The average Bonchev–Trinajstić information content (AvgIpc) is 3.52. The Hall–Kier alpha value is -4.93. The predicted octanol–water partition coefficient (Wildman–Crippen LogP) is 8.99. The minimum atomic E-state index is -0.610. The molecule has 0 amide bonds. The molecule has 9 rings (SSSR count). The van der Waals surface area contributed by atoms with E-state index in [1.54, 1.807) is 11.3 Å². The number of para-hydroxylation sites is 4. The lowest BCUT2D eigenvalue weighted by molar-refractivity contribution is 0.709. The van der Waals surface area contributed by atoms with Gasteiger partial charge in [-0.3, -0.25) is 9.36 Å². The van der Waals surface area contributed by atoms with Gasteiger partial charge >= 0.3 is 0 Å². The number of hydrogen-bond acceptors (Lipinski definition) is 3. The molecule has 2 aliphatic heterocycles. The number of benzene rings is 5. The lowest BCUT2D eigenvalue weighted by atomic mass is 9.60. The smallest absolute Gasteiger partial charge is 0.264 e. The second-order valence-electron chi connectivity index (χ2n) is 11.0. The van der Waals surface area contributed by atoms with Gasteiger partial charge in [0.1, 0.15) is 0 Å². The van der Waals surface area contributed by atoms with Crippen LogP contribution in [0.2, 0.25) is 0 Å². The summed E-state index contributed by atoms with van der Waals surface area (Å²) in [6.07, 6.45) is 0. The molecular formula is C37H24N2OS. The summed E-state index contributed by atoms with van der Waals surface area (Å²) >= 11 is 1.59. The Morgan fingerprint density at radius 3 is 1.80 bits per heavy atom. The van der Waals surface area contributed by atoms with Gasteiger partial charge < -0.3 is 4.90 Å². The maximum atomic E-state index is 14.2. The van der Waals surface area contributed by atoms with E-state index in [0.29, 0.717) is 0 Å². The van der Waals surface area contributed by atoms with Crippen LogP contribution in [0, 0.1) is 6.92 Å². The highest BCUT2D eigenvalue weighted by Gasteiger charge is 2.50. The monoisotopic (exact) mass is 544 g/mol. The fourth-order valence-electron chi connectivity index (χ4n) is 7.36. The van der Waals surface area contributed by atoms with Gasteiger partial charge in [0.05, 0.1) is 33.4 Å². The van der Waals surface area contributed by atoms with Crippen LogP contribution in [-0.4, -0.2) is 4.57 Å². The van der Waals surface area contributed by atoms with E-state index in [1.165, 1.54) is 16.7 Å². The van der Waals surface area contributed by atoms with Crippen molar-refractivity contribution in [2.75, 3.05) is 4.90 Å². The van der Waals surface area contributed by atoms with Gasteiger partial charge in [-0.25, -0.2) is 0 Å². The van der Waals surface area contributed by atoms with Crippen molar-refractivity contribution in [1.82, 2.24) is 4.57 Å². The molecule has 4 heterocycles. The van der Waals surface area contributed by atoms with Crippen molar-refractivity contribution in [1.29, 1.82) is 0 Å². The molecule has 0 atom stereocenters. The Morgan fingerprint density at radius 2 is 1.12 bits per heavy atom. The van der Waals surface area contributed by atoms with Crippen molar-refractivity contribution < 1.29 is 0 Å². The van der Waals surface area contributed by atoms with Crippen LogP contribution in [0.25, 0.3) is 27.4 Å². The molecule has 0 aliphatic carbocycles. The maximum Gasteiger partial charge on any atom is 0.264 e. The van der Waals surface area contributed by atoms with E-state index in [9.17, 15) is 4.79 Å². The fraction of sp³-hybridized carbons (Fsp3) is 0.0541. The molecule has 0 saturated heterocycles. The van der Waals surface area contributed by atoms with Crippen LogP contribution in [0.3, 0.4) is 0 Å². The predicted molar refractivity (Wildman–Crippen MR) is 170 cm³/mol. The Labute approximate surface area is 241 Å². The average molecular weight is 545 g/mol. The van der Waals surface area contributed by atoms with Gasteiger partial charge in [-0.05, 0) is 64.9 Å². The molecule has 0 fully saturated rings. The molecule has 3 nitrogen and oxygen atoms in total. The summed E-state index contributed by atoms with van der Waals surface area (Å²) in [4.78, 5) is 16.6. The van der Waals surface area contributed by atoms with Gasteiger partial charge in [-0.2, -0.15) is 11.3 Å². The molecule has 41 heavy (non-hydrogen) atoms. The van der Waals surface area contributed by atoms with Crippen LogP contribution < -0.4 is 10.5 Å². The van der Waals surface area contributed by atoms with Crippen LogP contribution >= 0.6 is 11.3 Å². The zero-order chi connectivity index (χ0) is 27.3. The zero-order valence-electron chi connectivity index (χ0n) is 22.3. The Kier molecular flexibility index (Phi) is 4.49. The number of anilines is 3. The van der Waals surface area contributed by atoms with E-state index < -0.39 is 5.41 Å². The minimum absolute atomic E-state index is 0.0437. The second-order valence-corrected chi connectivity index (χ2v) is 11.8. The lowest BCUT2D eigenvalue weighted by Gasteiger charge is -2.49. The molecular weight excluding hydrogens is 520 g/mol. The Bertz CT molecular complexity index is 2210. The number of rotatable bonds is 1. The Morgan fingerprint density at radius 1 is 0.561 bits per heavy atom. The van der Waals surface area contributed by atoms with Gasteiger partial charge in [0.15, 0.2) is 0 Å². The summed E-state index contributed by atoms with van der Waals surface area (Å²) in [6.45, 7) is 2.13. The van der Waals surface area contributed by atoms with Crippen molar-refractivity contribution in [3.05, 3.63) is 164 Å². The van der Waals surface area contributed by atoms with Gasteiger partial charge in [0.25, 0.3) is 5.56 Å².